The highest BCUT2D eigenvalue weighted by molar-refractivity contribution is 7.98. The van der Waals surface area contributed by atoms with Gasteiger partial charge in [0.15, 0.2) is 6.04 Å². The fourth-order valence-electron chi connectivity index (χ4n) is 4.11. The van der Waals surface area contributed by atoms with E-state index in [9.17, 15) is 4.79 Å². The topological polar surface area (TPSA) is 45.9 Å². The number of carbonyl (C=O) groups excluding carboxylic acids is 1. The number of benzene rings is 3. The molecule has 4 aromatic rings. The van der Waals surface area contributed by atoms with Crippen LogP contribution in [0.15, 0.2) is 96.0 Å². The molecule has 1 N–H and O–H groups in total. The van der Waals surface area contributed by atoms with E-state index in [1.807, 2.05) is 54.7 Å². The Morgan fingerprint density at radius 3 is 2.41 bits per heavy atom. The average molecular weight is 439 g/mol. The zero-order chi connectivity index (χ0) is 21.9. The quantitative estimate of drug-likeness (QED) is 0.339. The molecule has 1 aliphatic heterocycles. The molecular formula is C27H24N3OS+. The molecule has 0 radical (unpaired) electrons. The van der Waals surface area contributed by atoms with E-state index in [-0.39, 0.29) is 11.9 Å². The van der Waals surface area contributed by atoms with Crippen molar-refractivity contribution in [2.45, 2.75) is 23.8 Å². The molecule has 0 spiro atoms. The summed E-state index contributed by atoms with van der Waals surface area (Å²) < 4.78 is 1.76. The Hall–Kier alpha value is -3.44. The first-order valence-electron chi connectivity index (χ1n) is 10.7. The van der Waals surface area contributed by atoms with Crippen LogP contribution in [0.1, 0.15) is 21.6 Å². The molecule has 0 fully saturated rings. The molecule has 0 bridgehead atoms. The van der Waals surface area contributed by atoms with Gasteiger partial charge in [0.1, 0.15) is 17.6 Å². The van der Waals surface area contributed by atoms with E-state index in [4.69, 9.17) is 4.98 Å². The van der Waals surface area contributed by atoms with E-state index in [0.717, 1.165) is 28.3 Å². The highest BCUT2D eigenvalue weighted by atomic mass is 32.2. The van der Waals surface area contributed by atoms with Gasteiger partial charge in [0.2, 0.25) is 0 Å². The molecule has 1 unspecified atom stereocenters. The number of hydrogen-bond acceptors (Lipinski definition) is 4. The van der Waals surface area contributed by atoms with Gasteiger partial charge < -0.3 is 0 Å². The molecule has 4 nitrogen and oxygen atoms in total. The summed E-state index contributed by atoms with van der Waals surface area (Å²) in [6.45, 7) is 0. The third-order valence-electron chi connectivity index (χ3n) is 5.73. The zero-order valence-electron chi connectivity index (χ0n) is 17.9. The van der Waals surface area contributed by atoms with E-state index in [1.54, 1.807) is 16.3 Å². The minimum absolute atomic E-state index is 0.0587. The fourth-order valence-corrected chi connectivity index (χ4v) is 4.59. The lowest BCUT2D eigenvalue weighted by molar-refractivity contribution is -0.552. The first-order valence-corrected chi connectivity index (χ1v) is 11.9. The molecule has 5 heteroatoms. The van der Waals surface area contributed by atoms with Gasteiger partial charge in [-0.25, -0.2) is 9.78 Å². The zero-order valence-corrected chi connectivity index (χ0v) is 18.7. The number of carbonyl (C=O) groups is 1. The molecule has 3 aromatic carbocycles. The van der Waals surface area contributed by atoms with Crippen molar-refractivity contribution in [1.29, 1.82) is 0 Å². The predicted octanol–water partition coefficient (Wildman–Crippen LogP) is 5.03. The van der Waals surface area contributed by atoms with E-state index in [1.165, 1.54) is 10.5 Å². The number of thioether (sulfide) groups is 1. The van der Waals surface area contributed by atoms with Crippen LogP contribution in [0.4, 0.5) is 5.82 Å². The molecule has 0 saturated carbocycles. The van der Waals surface area contributed by atoms with Crippen molar-refractivity contribution in [1.82, 2.24) is 4.98 Å². The van der Waals surface area contributed by atoms with E-state index in [2.05, 4.69) is 48.0 Å². The Kier molecular flexibility index (Phi) is 5.73. The molecule has 32 heavy (non-hydrogen) atoms. The SMILES string of the molecule is CSc1cccc(CC2Nc3c(Cc4ccccc4)nc(-c4ccccc4)c[n+]3C2=O)c1. The summed E-state index contributed by atoms with van der Waals surface area (Å²) in [4.78, 5) is 19.6. The molecule has 1 aliphatic rings. The number of nitrogens with zero attached hydrogens (tertiary/aromatic N) is 2. The second kappa shape index (κ2) is 8.97. The van der Waals surface area contributed by atoms with E-state index in [0.29, 0.717) is 12.8 Å². The lowest BCUT2D eigenvalue weighted by atomic mass is 10.1. The number of rotatable bonds is 6. The van der Waals surface area contributed by atoms with Gasteiger partial charge in [-0.05, 0) is 29.5 Å². The fraction of sp³-hybridized carbons (Fsp3) is 0.148. The van der Waals surface area contributed by atoms with Crippen LogP contribution < -0.4 is 9.88 Å². The van der Waals surface area contributed by atoms with Crippen molar-refractivity contribution >= 4 is 23.5 Å². The maximum absolute atomic E-state index is 13.4. The van der Waals surface area contributed by atoms with Gasteiger partial charge in [0.05, 0.1) is 0 Å². The van der Waals surface area contributed by atoms with E-state index >= 15 is 0 Å². The Labute approximate surface area is 192 Å². The van der Waals surface area contributed by atoms with Gasteiger partial charge in [-0.2, -0.15) is 4.57 Å². The summed E-state index contributed by atoms with van der Waals surface area (Å²) in [5.41, 5.74) is 5.00. The summed E-state index contributed by atoms with van der Waals surface area (Å²) in [5.74, 6) is 0.855. The highest BCUT2D eigenvalue weighted by Crippen LogP contribution is 2.25. The van der Waals surface area contributed by atoms with Crippen LogP contribution >= 0.6 is 11.8 Å². The summed E-state index contributed by atoms with van der Waals surface area (Å²) in [5, 5.41) is 3.48. The molecule has 1 aromatic heterocycles. The number of nitrogens with one attached hydrogen (secondary N) is 1. The van der Waals surface area contributed by atoms with Gasteiger partial charge in [0.25, 0.3) is 0 Å². The highest BCUT2D eigenvalue weighted by Gasteiger charge is 2.41. The number of aromatic nitrogens is 2. The summed E-state index contributed by atoms with van der Waals surface area (Å²) in [6.07, 6.45) is 5.23. The van der Waals surface area contributed by atoms with E-state index < -0.39 is 0 Å². The van der Waals surface area contributed by atoms with Crippen molar-refractivity contribution in [3.05, 3.63) is 108 Å². The number of hydrogen-bond donors (Lipinski definition) is 1. The molecule has 2 heterocycles. The van der Waals surface area contributed by atoms with Gasteiger partial charge in [-0.15, -0.1) is 11.8 Å². The standard InChI is InChI=1S/C27H23N3OS/c1-32-22-14-8-11-20(15-22)17-24-27(31)30-18-25(21-12-6-3-7-13-21)28-23(26(30)29-24)16-19-9-4-2-5-10-19/h2-15,18,24H,16-17H2,1H3/p+1. The van der Waals surface area contributed by atoms with Crippen LogP contribution in [0.5, 0.6) is 0 Å². The minimum Gasteiger partial charge on any atom is -0.258 e. The first kappa shape index (κ1) is 20.5. The van der Waals surface area contributed by atoms with Crippen molar-refractivity contribution in [3.8, 4) is 11.3 Å². The first-order chi connectivity index (χ1) is 15.7. The van der Waals surface area contributed by atoms with Crippen LogP contribution in [-0.2, 0) is 12.8 Å². The van der Waals surface area contributed by atoms with Crippen LogP contribution in [0.2, 0.25) is 0 Å². The van der Waals surface area contributed by atoms with Gasteiger partial charge in [0, 0.05) is 23.3 Å². The maximum Gasteiger partial charge on any atom is 0.359 e. The van der Waals surface area contributed by atoms with Gasteiger partial charge in [-0.3, -0.25) is 5.32 Å². The Morgan fingerprint density at radius 2 is 1.66 bits per heavy atom. The van der Waals surface area contributed by atoms with Gasteiger partial charge >= 0.3 is 11.7 Å². The summed E-state index contributed by atoms with van der Waals surface area (Å²) in [6, 6.07) is 28.4. The molecular weight excluding hydrogens is 414 g/mol. The Balaban J connectivity index is 1.52. The molecule has 0 amide bonds. The smallest absolute Gasteiger partial charge is 0.258 e. The second-order valence-corrected chi connectivity index (χ2v) is 8.79. The summed E-state index contributed by atoms with van der Waals surface area (Å²) >= 11 is 1.71. The second-order valence-electron chi connectivity index (χ2n) is 7.91. The van der Waals surface area contributed by atoms with Crippen LogP contribution in [0, 0.1) is 0 Å². The van der Waals surface area contributed by atoms with Crippen molar-refractivity contribution in [3.63, 3.8) is 0 Å². The lowest BCUT2D eigenvalue weighted by Crippen LogP contribution is -2.44. The number of anilines is 1. The number of fused-ring (bicyclic) bond motifs is 1. The van der Waals surface area contributed by atoms with Crippen molar-refractivity contribution < 1.29 is 9.36 Å². The van der Waals surface area contributed by atoms with Crippen LogP contribution in [0.3, 0.4) is 0 Å². The monoisotopic (exact) mass is 438 g/mol. The third-order valence-corrected chi connectivity index (χ3v) is 6.45. The lowest BCUT2D eigenvalue weighted by Gasteiger charge is -2.07. The molecule has 0 aliphatic carbocycles. The molecule has 1 atom stereocenters. The molecule has 0 saturated heterocycles. The minimum atomic E-state index is -0.311. The summed E-state index contributed by atoms with van der Waals surface area (Å²) in [7, 11) is 0. The van der Waals surface area contributed by atoms with Gasteiger partial charge in [-0.1, -0.05) is 72.8 Å². The van der Waals surface area contributed by atoms with Crippen LogP contribution in [0.25, 0.3) is 11.3 Å². The Bertz CT molecular complexity index is 1260. The van der Waals surface area contributed by atoms with Crippen molar-refractivity contribution in [2.24, 2.45) is 0 Å². The van der Waals surface area contributed by atoms with Crippen LogP contribution in [-0.4, -0.2) is 23.2 Å². The maximum atomic E-state index is 13.4. The molecule has 5 rings (SSSR count). The third kappa shape index (κ3) is 4.16. The predicted molar refractivity (Wildman–Crippen MR) is 129 cm³/mol. The molecule has 158 valence electrons. The van der Waals surface area contributed by atoms with Crippen molar-refractivity contribution in [2.75, 3.05) is 11.6 Å². The Morgan fingerprint density at radius 1 is 0.938 bits per heavy atom. The average Bonchev–Trinajstić information content (AvgIpc) is 3.16. The largest absolute Gasteiger partial charge is 0.359 e. The normalized spacial score (nSPS) is 14.8.